The molecule has 0 bridgehead atoms. The summed E-state index contributed by atoms with van der Waals surface area (Å²) in [6.45, 7) is 2.24. The molecule has 0 saturated carbocycles. The molecule has 0 unspecified atom stereocenters. The molecule has 0 fully saturated rings. The van der Waals surface area contributed by atoms with E-state index in [9.17, 15) is 14.7 Å². The lowest BCUT2D eigenvalue weighted by Gasteiger charge is -2.17. The minimum absolute atomic E-state index is 0.325. The van der Waals surface area contributed by atoms with Crippen molar-refractivity contribution in [3.05, 3.63) is 0 Å². The van der Waals surface area contributed by atoms with Crippen LogP contribution in [-0.4, -0.2) is 34.7 Å². The van der Waals surface area contributed by atoms with Gasteiger partial charge in [0.15, 0.2) is 6.04 Å². The highest BCUT2D eigenvalue weighted by Crippen LogP contribution is 2.14. The molecule has 3 N–H and O–H groups in total. The van der Waals surface area contributed by atoms with Crippen molar-refractivity contribution in [2.75, 3.05) is 0 Å². The van der Waals surface area contributed by atoms with E-state index in [-0.39, 0.29) is 0 Å². The Bertz CT molecular complexity index is 310. The first kappa shape index (κ1) is 22.9. The maximum atomic E-state index is 10.9. The molecule has 142 valence electrons. The van der Waals surface area contributed by atoms with Gasteiger partial charge in [0.2, 0.25) is 6.41 Å². The maximum absolute atomic E-state index is 10.9. The monoisotopic (exact) mass is 343 g/mol. The molecule has 0 saturated heterocycles. The van der Waals surface area contributed by atoms with Crippen molar-refractivity contribution in [1.82, 2.24) is 5.32 Å². The Kier molecular flexibility index (Phi) is 16.0. The van der Waals surface area contributed by atoms with Gasteiger partial charge in [-0.25, -0.2) is 4.79 Å². The summed E-state index contributed by atoms with van der Waals surface area (Å²) in [5.41, 5.74) is 0. The summed E-state index contributed by atoms with van der Waals surface area (Å²) in [7, 11) is 0. The molecule has 0 aliphatic carbocycles. The fraction of sp³-hybridized carbons (Fsp3) is 0.895. The maximum Gasteiger partial charge on any atom is 0.328 e. The van der Waals surface area contributed by atoms with Gasteiger partial charge < -0.3 is 15.5 Å². The van der Waals surface area contributed by atoms with Crippen LogP contribution in [0.3, 0.4) is 0 Å². The lowest BCUT2D eigenvalue weighted by Crippen LogP contribution is -2.45. The van der Waals surface area contributed by atoms with Gasteiger partial charge in [0.05, 0.1) is 6.10 Å². The molecule has 0 aromatic heterocycles. The highest BCUT2D eigenvalue weighted by Gasteiger charge is 2.25. The van der Waals surface area contributed by atoms with E-state index in [0.29, 0.717) is 12.8 Å². The first-order valence-electron chi connectivity index (χ1n) is 9.74. The van der Waals surface area contributed by atoms with Gasteiger partial charge in [-0.15, -0.1) is 0 Å². The molecular weight excluding hydrogens is 306 g/mol. The van der Waals surface area contributed by atoms with Gasteiger partial charge in [-0.05, 0) is 6.42 Å². The fourth-order valence-electron chi connectivity index (χ4n) is 2.96. The second kappa shape index (κ2) is 16.7. The molecule has 2 atom stereocenters. The van der Waals surface area contributed by atoms with Crippen LogP contribution >= 0.6 is 0 Å². The van der Waals surface area contributed by atoms with E-state index >= 15 is 0 Å². The zero-order valence-corrected chi connectivity index (χ0v) is 15.3. The zero-order chi connectivity index (χ0) is 18.0. The second-order valence-corrected chi connectivity index (χ2v) is 6.70. The number of carboxylic acid groups (broad SMARTS) is 1. The fourth-order valence-corrected chi connectivity index (χ4v) is 2.96. The van der Waals surface area contributed by atoms with Crippen LogP contribution in [0.1, 0.15) is 96.8 Å². The third-order valence-corrected chi connectivity index (χ3v) is 4.50. The molecule has 1 amide bonds. The van der Waals surface area contributed by atoms with Gasteiger partial charge in [-0.2, -0.15) is 0 Å². The summed E-state index contributed by atoms with van der Waals surface area (Å²) >= 11 is 0. The first-order valence-corrected chi connectivity index (χ1v) is 9.74. The molecule has 24 heavy (non-hydrogen) atoms. The number of aliphatic hydroxyl groups is 1. The Morgan fingerprint density at radius 1 is 0.875 bits per heavy atom. The molecular formula is C19H37NO4. The topological polar surface area (TPSA) is 86.6 Å². The van der Waals surface area contributed by atoms with Crippen molar-refractivity contribution in [3.8, 4) is 0 Å². The average molecular weight is 344 g/mol. The van der Waals surface area contributed by atoms with E-state index in [0.717, 1.165) is 19.3 Å². The highest BCUT2D eigenvalue weighted by molar-refractivity contribution is 5.76. The number of aliphatic carboxylic acids is 1. The van der Waals surface area contributed by atoms with E-state index in [1.807, 2.05) is 0 Å². The van der Waals surface area contributed by atoms with Crippen molar-refractivity contribution < 1.29 is 19.8 Å². The van der Waals surface area contributed by atoms with Crippen molar-refractivity contribution in [2.45, 2.75) is 109 Å². The number of rotatable bonds is 18. The predicted molar refractivity (Wildman–Crippen MR) is 96.9 cm³/mol. The van der Waals surface area contributed by atoms with Gasteiger partial charge in [0.25, 0.3) is 0 Å². The Balaban J connectivity index is 3.38. The summed E-state index contributed by atoms with van der Waals surface area (Å²) < 4.78 is 0. The number of hydrogen-bond donors (Lipinski definition) is 3. The molecule has 0 radical (unpaired) electrons. The lowest BCUT2D eigenvalue weighted by molar-refractivity contribution is -0.143. The smallest absolute Gasteiger partial charge is 0.328 e. The van der Waals surface area contributed by atoms with Crippen molar-refractivity contribution in [1.29, 1.82) is 0 Å². The standard InChI is InChI=1S/C19H37NO4/c1-2-3-4-5-6-7-8-9-10-11-12-13-14-15-17(22)18(19(23)24)20-16-21/h16-18,22H,2-15H2,1H3,(H,20,21)(H,23,24)/t17-,18-/m1/s1. The van der Waals surface area contributed by atoms with E-state index < -0.39 is 18.1 Å². The van der Waals surface area contributed by atoms with Crippen molar-refractivity contribution in [2.24, 2.45) is 0 Å². The SMILES string of the molecule is CCCCCCCCCCCCCCC[C@@H](O)[C@@H](NC=O)C(=O)O. The Morgan fingerprint density at radius 3 is 1.67 bits per heavy atom. The van der Waals surface area contributed by atoms with Gasteiger partial charge in [-0.1, -0.05) is 90.4 Å². The summed E-state index contributed by atoms with van der Waals surface area (Å²) in [5, 5.41) is 20.8. The normalized spacial score (nSPS) is 13.4. The van der Waals surface area contributed by atoms with E-state index in [4.69, 9.17) is 5.11 Å². The number of carboxylic acids is 1. The first-order chi connectivity index (χ1) is 11.6. The van der Waals surface area contributed by atoms with Crippen LogP contribution < -0.4 is 5.32 Å². The summed E-state index contributed by atoms with van der Waals surface area (Å²) in [5.74, 6) is -1.19. The molecule has 5 nitrogen and oxygen atoms in total. The number of unbranched alkanes of at least 4 members (excludes halogenated alkanes) is 12. The second-order valence-electron chi connectivity index (χ2n) is 6.70. The quantitative estimate of drug-likeness (QED) is 0.259. The van der Waals surface area contributed by atoms with Crippen LogP contribution in [0, 0.1) is 0 Å². The molecule has 0 heterocycles. The van der Waals surface area contributed by atoms with Crippen LogP contribution in [0.4, 0.5) is 0 Å². The van der Waals surface area contributed by atoms with Crippen LogP contribution in [0.15, 0.2) is 0 Å². The predicted octanol–water partition coefficient (Wildman–Crippen LogP) is 4.03. The Labute approximate surface area is 147 Å². The molecule has 5 heteroatoms. The van der Waals surface area contributed by atoms with Gasteiger partial charge >= 0.3 is 5.97 Å². The van der Waals surface area contributed by atoms with Crippen LogP contribution in [-0.2, 0) is 9.59 Å². The third-order valence-electron chi connectivity index (χ3n) is 4.50. The van der Waals surface area contributed by atoms with Gasteiger partial charge in [0.1, 0.15) is 0 Å². The lowest BCUT2D eigenvalue weighted by atomic mass is 10.0. The van der Waals surface area contributed by atoms with Crippen LogP contribution in [0.25, 0.3) is 0 Å². The minimum atomic E-state index is -1.19. The number of amides is 1. The van der Waals surface area contributed by atoms with Gasteiger partial charge in [0, 0.05) is 0 Å². The van der Waals surface area contributed by atoms with Crippen molar-refractivity contribution >= 4 is 12.4 Å². The molecule has 0 aromatic rings. The minimum Gasteiger partial charge on any atom is -0.480 e. The summed E-state index contributed by atoms with van der Waals surface area (Å²) in [4.78, 5) is 21.2. The molecule has 0 aliphatic heterocycles. The zero-order valence-electron chi connectivity index (χ0n) is 15.3. The average Bonchev–Trinajstić information content (AvgIpc) is 2.56. The third kappa shape index (κ3) is 13.3. The van der Waals surface area contributed by atoms with E-state index in [2.05, 4.69) is 12.2 Å². The van der Waals surface area contributed by atoms with E-state index in [1.54, 1.807) is 0 Å². The number of carbonyl (C=O) groups is 2. The molecule has 0 aromatic carbocycles. The largest absolute Gasteiger partial charge is 0.480 e. The highest BCUT2D eigenvalue weighted by atomic mass is 16.4. The molecule has 0 spiro atoms. The number of hydrogen-bond acceptors (Lipinski definition) is 3. The Morgan fingerprint density at radius 2 is 1.29 bits per heavy atom. The van der Waals surface area contributed by atoms with Crippen LogP contribution in [0.5, 0.6) is 0 Å². The number of carbonyl (C=O) groups excluding carboxylic acids is 1. The molecule has 0 aliphatic rings. The number of nitrogens with one attached hydrogen (secondary N) is 1. The molecule has 0 rings (SSSR count). The van der Waals surface area contributed by atoms with E-state index in [1.165, 1.54) is 64.2 Å². The van der Waals surface area contributed by atoms with Gasteiger partial charge in [-0.3, -0.25) is 4.79 Å². The summed E-state index contributed by atoms with van der Waals surface area (Å²) in [6, 6.07) is -1.19. The van der Waals surface area contributed by atoms with Crippen molar-refractivity contribution in [3.63, 3.8) is 0 Å². The Hall–Kier alpha value is -1.10. The number of aliphatic hydroxyl groups excluding tert-OH is 1. The van der Waals surface area contributed by atoms with Crippen LogP contribution in [0.2, 0.25) is 0 Å². The summed E-state index contributed by atoms with van der Waals surface area (Å²) in [6.07, 6.45) is 15.9.